The first kappa shape index (κ1) is 28.9. The van der Waals surface area contributed by atoms with Crippen molar-refractivity contribution in [2.45, 2.75) is 24.3 Å². The zero-order valence-corrected chi connectivity index (χ0v) is 24.2. The van der Waals surface area contributed by atoms with Crippen LogP contribution in [0.25, 0.3) is 0 Å². The number of ether oxygens (including phenoxy) is 1. The number of imide groups is 1. The fourth-order valence-corrected chi connectivity index (χ4v) is 6.74. The highest BCUT2D eigenvalue weighted by Gasteiger charge is 2.65. The molecule has 12 heteroatoms. The average Bonchev–Trinajstić information content (AvgIpc) is 3.45. The normalized spacial score (nSPS) is 24.4. The lowest BCUT2D eigenvalue weighted by Gasteiger charge is -2.35. The molecule has 3 fully saturated rings. The molecule has 3 aliphatic rings. The van der Waals surface area contributed by atoms with Crippen LogP contribution in [0.4, 0.5) is 15.3 Å². The molecule has 0 N–H and O–H groups in total. The molecule has 0 aromatic heterocycles. The number of rotatable bonds is 5. The number of ketones is 1. The molecule has 2 aromatic rings. The maximum Gasteiger partial charge on any atom is 0.332 e. The van der Waals surface area contributed by atoms with E-state index in [4.69, 9.17) is 27.9 Å². The van der Waals surface area contributed by atoms with Gasteiger partial charge in [-0.25, -0.2) is 14.5 Å². The number of carbonyl (C=O) groups is 4. The van der Waals surface area contributed by atoms with Crippen LogP contribution in [0.15, 0.2) is 42.5 Å². The number of hydrogen-bond donors (Lipinski definition) is 0. The van der Waals surface area contributed by atoms with E-state index in [1.165, 1.54) is 30.2 Å². The van der Waals surface area contributed by atoms with Crippen molar-refractivity contribution in [1.29, 1.82) is 5.26 Å². The zero-order valence-electron chi connectivity index (χ0n) is 22.7. The Kier molecular flexibility index (Phi) is 7.97. The van der Waals surface area contributed by atoms with Crippen LogP contribution >= 0.6 is 23.2 Å². The van der Waals surface area contributed by atoms with E-state index in [9.17, 15) is 24.4 Å². The molecular weight excluding hydrogens is 569 g/mol. The van der Waals surface area contributed by atoms with Crippen molar-refractivity contribution in [3.63, 3.8) is 0 Å². The smallest absolute Gasteiger partial charge is 0.332 e. The zero-order chi connectivity index (χ0) is 29.5. The van der Waals surface area contributed by atoms with E-state index >= 15 is 0 Å². The Hall–Kier alpha value is -3.65. The first-order chi connectivity index (χ1) is 19.6. The Morgan fingerprint density at radius 1 is 1.07 bits per heavy atom. The van der Waals surface area contributed by atoms with Crippen molar-refractivity contribution in [2.75, 3.05) is 51.8 Å². The van der Waals surface area contributed by atoms with Gasteiger partial charge in [0.05, 0.1) is 23.9 Å². The highest BCUT2D eigenvalue weighted by molar-refractivity contribution is 6.35. The number of benzene rings is 2. The second-order valence-electron chi connectivity index (χ2n) is 10.7. The molecule has 3 saturated heterocycles. The summed E-state index contributed by atoms with van der Waals surface area (Å²) in [5, 5.41) is 9.84. The van der Waals surface area contributed by atoms with Gasteiger partial charge in [0.1, 0.15) is 12.1 Å². The molecule has 3 heterocycles. The van der Waals surface area contributed by atoms with Gasteiger partial charge in [-0.05, 0) is 48.7 Å². The van der Waals surface area contributed by atoms with Crippen molar-refractivity contribution in [1.82, 2.24) is 14.7 Å². The summed E-state index contributed by atoms with van der Waals surface area (Å²) >= 11 is 12.4. The van der Waals surface area contributed by atoms with Crippen molar-refractivity contribution in [3.8, 4) is 6.07 Å². The van der Waals surface area contributed by atoms with E-state index in [-0.39, 0.29) is 59.7 Å². The van der Waals surface area contributed by atoms with Crippen LogP contribution < -0.4 is 4.90 Å². The van der Waals surface area contributed by atoms with Gasteiger partial charge in [-0.2, -0.15) is 5.26 Å². The quantitative estimate of drug-likeness (QED) is 0.478. The Morgan fingerprint density at radius 2 is 1.76 bits per heavy atom. The fourth-order valence-electron chi connectivity index (χ4n) is 6.22. The molecule has 3 atom stereocenters. The SMILES string of the molecule is COCC(=O)C1CCCN(C(=O)N2C[C@@H](c3ccc(C#N)cc3)[C@]3(C2)C(=O)N(c2cc(Cl)cc(Cl)c2)C(=O)N3C)C1. The minimum Gasteiger partial charge on any atom is -0.377 e. The van der Waals surface area contributed by atoms with Gasteiger partial charge in [0, 0.05) is 55.7 Å². The maximum atomic E-state index is 14.4. The van der Waals surface area contributed by atoms with Crippen molar-refractivity contribution >= 4 is 52.6 Å². The molecule has 0 aliphatic carbocycles. The van der Waals surface area contributed by atoms with Gasteiger partial charge in [-0.3, -0.25) is 9.59 Å². The molecule has 0 saturated carbocycles. The van der Waals surface area contributed by atoms with Crippen LogP contribution in [0.5, 0.6) is 0 Å². The van der Waals surface area contributed by atoms with Crippen LogP contribution in [0.1, 0.15) is 29.9 Å². The number of anilines is 1. The molecule has 0 radical (unpaired) electrons. The first-order valence-corrected chi connectivity index (χ1v) is 14.0. The first-order valence-electron chi connectivity index (χ1n) is 13.2. The minimum atomic E-state index is -1.42. The molecule has 5 amide bonds. The van der Waals surface area contributed by atoms with E-state index in [1.54, 1.807) is 41.1 Å². The maximum absolute atomic E-state index is 14.4. The van der Waals surface area contributed by atoms with Gasteiger partial charge in [0.25, 0.3) is 5.91 Å². The Morgan fingerprint density at radius 3 is 2.39 bits per heavy atom. The number of carbonyl (C=O) groups excluding carboxylic acids is 4. The van der Waals surface area contributed by atoms with Gasteiger partial charge >= 0.3 is 12.1 Å². The summed E-state index contributed by atoms with van der Waals surface area (Å²) in [5.41, 5.74) is -0.0205. The molecule has 1 unspecified atom stereocenters. The van der Waals surface area contributed by atoms with E-state index in [1.807, 2.05) is 0 Å². The van der Waals surface area contributed by atoms with E-state index in [0.717, 1.165) is 4.90 Å². The predicted molar refractivity (Wildman–Crippen MR) is 152 cm³/mol. The molecule has 41 heavy (non-hydrogen) atoms. The number of likely N-dealkylation sites (N-methyl/N-ethyl adjacent to an activating group) is 1. The van der Waals surface area contributed by atoms with Crippen LogP contribution in [-0.4, -0.2) is 90.9 Å². The lowest BCUT2D eigenvalue weighted by Crippen LogP contribution is -2.55. The summed E-state index contributed by atoms with van der Waals surface area (Å²) in [6, 6.07) is 12.5. The van der Waals surface area contributed by atoms with Gasteiger partial charge in [-0.1, -0.05) is 35.3 Å². The van der Waals surface area contributed by atoms with Crippen molar-refractivity contribution in [2.24, 2.45) is 5.92 Å². The predicted octanol–water partition coefficient (Wildman–Crippen LogP) is 4.15. The van der Waals surface area contributed by atoms with Crippen LogP contribution in [0.3, 0.4) is 0 Å². The van der Waals surface area contributed by atoms with Crippen LogP contribution in [0, 0.1) is 17.2 Å². The third-order valence-electron chi connectivity index (χ3n) is 8.31. The van der Waals surface area contributed by atoms with E-state index < -0.39 is 23.4 Å². The summed E-state index contributed by atoms with van der Waals surface area (Å²) < 4.78 is 5.01. The van der Waals surface area contributed by atoms with Crippen molar-refractivity contribution in [3.05, 3.63) is 63.6 Å². The Bertz CT molecular complexity index is 1420. The van der Waals surface area contributed by atoms with Gasteiger partial charge in [-0.15, -0.1) is 0 Å². The average molecular weight is 598 g/mol. The monoisotopic (exact) mass is 597 g/mol. The number of hydrogen-bond acceptors (Lipinski definition) is 6. The molecule has 2 aromatic carbocycles. The summed E-state index contributed by atoms with van der Waals surface area (Å²) in [4.78, 5) is 60.1. The van der Waals surface area contributed by atoms with Gasteiger partial charge < -0.3 is 19.4 Å². The summed E-state index contributed by atoms with van der Waals surface area (Å²) in [5.74, 6) is -1.46. The standard InChI is InChI=1S/C29H29Cl2N5O5/c1-33-27(39)36(23-11-21(30)10-22(31)12-23)26(38)29(33)17-35(15-24(29)19-7-5-18(13-32)6-8-19)28(40)34-9-3-4-20(14-34)25(37)16-41-2/h5-8,10-12,20,24H,3-4,9,14-17H2,1-2H3/t20?,24-,29+/m0/s1. The molecule has 10 nitrogen and oxygen atoms in total. The minimum absolute atomic E-state index is 0.00888. The van der Waals surface area contributed by atoms with Gasteiger partial charge in [0.2, 0.25) is 0 Å². The van der Waals surface area contributed by atoms with Crippen molar-refractivity contribution < 1.29 is 23.9 Å². The van der Waals surface area contributed by atoms with Crippen LogP contribution in [0.2, 0.25) is 10.0 Å². The number of likely N-dealkylation sites (tertiary alicyclic amines) is 2. The largest absolute Gasteiger partial charge is 0.377 e. The summed E-state index contributed by atoms with van der Waals surface area (Å²) in [6.07, 6.45) is 1.35. The molecule has 3 aliphatic heterocycles. The Labute approximate surface area is 247 Å². The molecule has 5 rings (SSSR count). The van der Waals surface area contributed by atoms with E-state index in [2.05, 4.69) is 6.07 Å². The second kappa shape index (κ2) is 11.3. The number of Topliss-reactive ketones (excluding diaryl/α,β-unsaturated/α-hetero) is 1. The summed E-state index contributed by atoms with van der Waals surface area (Å²) in [7, 11) is 3.02. The van der Waals surface area contributed by atoms with Gasteiger partial charge in [0.15, 0.2) is 5.78 Å². The third-order valence-corrected chi connectivity index (χ3v) is 8.75. The second-order valence-corrected chi connectivity index (χ2v) is 11.5. The Balaban J connectivity index is 1.51. The number of methoxy groups -OCH3 is 1. The lowest BCUT2D eigenvalue weighted by atomic mass is 9.80. The number of amides is 5. The highest BCUT2D eigenvalue weighted by Crippen LogP contribution is 2.47. The third kappa shape index (κ3) is 5.03. The lowest BCUT2D eigenvalue weighted by molar-refractivity contribution is -0.127. The molecule has 1 spiro atoms. The molecule has 0 bridgehead atoms. The number of halogens is 2. The number of urea groups is 2. The molecule has 214 valence electrons. The fraction of sp³-hybridized carbons (Fsp3) is 0.414. The van der Waals surface area contributed by atoms with E-state index in [0.29, 0.717) is 30.5 Å². The number of nitrogens with zero attached hydrogens (tertiary/aromatic N) is 5. The number of piperidine rings is 1. The molecular formula is C29H29Cl2N5O5. The number of nitriles is 1. The summed E-state index contributed by atoms with van der Waals surface area (Å²) in [6.45, 7) is 0.852. The van der Waals surface area contributed by atoms with Crippen LogP contribution in [-0.2, 0) is 14.3 Å². The topological polar surface area (TPSA) is 114 Å². The highest BCUT2D eigenvalue weighted by atomic mass is 35.5.